The van der Waals surface area contributed by atoms with Crippen molar-refractivity contribution in [3.63, 3.8) is 0 Å². The van der Waals surface area contributed by atoms with Crippen LogP contribution in [0.3, 0.4) is 0 Å². The van der Waals surface area contributed by atoms with Crippen LogP contribution in [0.15, 0.2) is 18.2 Å². The van der Waals surface area contributed by atoms with Crippen molar-refractivity contribution < 1.29 is 4.79 Å². The molecule has 7 heteroatoms. The van der Waals surface area contributed by atoms with Gasteiger partial charge in [-0.1, -0.05) is 37.2 Å². The van der Waals surface area contributed by atoms with E-state index in [0.29, 0.717) is 11.7 Å². The van der Waals surface area contributed by atoms with E-state index in [-0.39, 0.29) is 6.03 Å². The SMILES string of the molecule is CCCCCc1nnc(NC(=O)NCc2cccc(C)n2)s1. The van der Waals surface area contributed by atoms with Gasteiger partial charge in [0.25, 0.3) is 0 Å². The van der Waals surface area contributed by atoms with E-state index >= 15 is 0 Å². The quantitative estimate of drug-likeness (QED) is 0.767. The minimum absolute atomic E-state index is 0.292. The highest BCUT2D eigenvalue weighted by molar-refractivity contribution is 7.15. The lowest BCUT2D eigenvalue weighted by molar-refractivity contribution is 0.251. The van der Waals surface area contributed by atoms with Crippen molar-refractivity contribution >= 4 is 22.5 Å². The number of nitrogens with zero attached hydrogens (tertiary/aromatic N) is 3. The fraction of sp³-hybridized carbons (Fsp3) is 0.467. The first-order valence-corrected chi connectivity index (χ1v) is 8.29. The largest absolute Gasteiger partial charge is 0.332 e. The summed E-state index contributed by atoms with van der Waals surface area (Å²) in [6, 6.07) is 5.43. The van der Waals surface area contributed by atoms with E-state index in [1.807, 2.05) is 25.1 Å². The molecule has 0 aliphatic carbocycles. The predicted octanol–water partition coefficient (Wildman–Crippen LogP) is 3.30. The van der Waals surface area contributed by atoms with Crippen LogP contribution in [0.4, 0.5) is 9.93 Å². The molecule has 0 spiro atoms. The van der Waals surface area contributed by atoms with Gasteiger partial charge in [0.05, 0.1) is 12.2 Å². The Balaban J connectivity index is 1.77. The Hall–Kier alpha value is -2.02. The minimum atomic E-state index is -0.292. The fourth-order valence-electron chi connectivity index (χ4n) is 1.94. The number of aromatic nitrogens is 3. The predicted molar refractivity (Wildman–Crippen MR) is 88.0 cm³/mol. The molecule has 6 nitrogen and oxygen atoms in total. The molecule has 2 aromatic rings. The first kappa shape index (κ1) is 16.4. The van der Waals surface area contributed by atoms with E-state index < -0.39 is 0 Å². The van der Waals surface area contributed by atoms with Crippen molar-refractivity contribution in [2.45, 2.75) is 46.1 Å². The van der Waals surface area contributed by atoms with E-state index in [2.05, 4.69) is 32.7 Å². The Morgan fingerprint density at radius 1 is 1.27 bits per heavy atom. The molecule has 0 radical (unpaired) electrons. The first-order valence-electron chi connectivity index (χ1n) is 7.47. The molecular weight excluding hydrogens is 298 g/mol. The minimum Gasteiger partial charge on any atom is -0.332 e. The third-order valence-electron chi connectivity index (χ3n) is 3.06. The number of aryl methyl sites for hydroxylation is 2. The average molecular weight is 319 g/mol. The van der Waals surface area contributed by atoms with Crippen LogP contribution in [0, 0.1) is 6.92 Å². The number of unbranched alkanes of at least 4 members (excludes halogenated alkanes) is 2. The second kappa shape index (κ2) is 8.43. The van der Waals surface area contributed by atoms with E-state index in [1.54, 1.807) is 0 Å². The van der Waals surface area contributed by atoms with Crippen molar-refractivity contribution in [3.8, 4) is 0 Å². The number of hydrogen-bond donors (Lipinski definition) is 2. The van der Waals surface area contributed by atoms with Crippen molar-refractivity contribution in [2.75, 3.05) is 5.32 Å². The zero-order valence-corrected chi connectivity index (χ0v) is 13.7. The van der Waals surface area contributed by atoms with Crippen LogP contribution in [0.2, 0.25) is 0 Å². The summed E-state index contributed by atoms with van der Waals surface area (Å²) in [6.07, 6.45) is 4.39. The van der Waals surface area contributed by atoms with Gasteiger partial charge in [0, 0.05) is 12.1 Å². The van der Waals surface area contributed by atoms with Gasteiger partial charge in [0.15, 0.2) is 0 Å². The zero-order chi connectivity index (χ0) is 15.8. The number of carbonyl (C=O) groups is 1. The van der Waals surface area contributed by atoms with Crippen molar-refractivity contribution in [1.29, 1.82) is 0 Å². The fourth-order valence-corrected chi connectivity index (χ4v) is 2.72. The van der Waals surface area contributed by atoms with Gasteiger partial charge < -0.3 is 5.32 Å². The number of nitrogens with one attached hydrogen (secondary N) is 2. The third-order valence-corrected chi connectivity index (χ3v) is 3.96. The Labute approximate surface area is 134 Å². The molecule has 0 unspecified atom stereocenters. The summed E-state index contributed by atoms with van der Waals surface area (Å²) in [7, 11) is 0. The molecule has 2 amide bonds. The summed E-state index contributed by atoms with van der Waals surface area (Å²) in [4.78, 5) is 16.2. The Morgan fingerprint density at radius 2 is 2.14 bits per heavy atom. The van der Waals surface area contributed by atoms with Crippen molar-refractivity contribution in [1.82, 2.24) is 20.5 Å². The summed E-state index contributed by atoms with van der Waals surface area (Å²) in [5, 5.41) is 15.0. The Morgan fingerprint density at radius 3 is 2.91 bits per heavy atom. The molecule has 118 valence electrons. The smallest absolute Gasteiger partial charge is 0.321 e. The first-order chi connectivity index (χ1) is 10.7. The van der Waals surface area contributed by atoms with Crippen molar-refractivity contribution in [2.24, 2.45) is 0 Å². The van der Waals surface area contributed by atoms with E-state index in [4.69, 9.17) is 0 Å². The lowest BCUT2D eigenvalue weighted by atomic mass is 10.2. The number of pyridine rings is 1. The molecule has 0 saturated heterocycles. The van der Waals surface area contributed by atoms with Crippen LogP contribution in [0.1, 0.15) is 42.6 Å². The molecule has 0 bridgehead atoms. The van der Waals surface area contributed by atoms with Crippen LogP contribution in [0.25, 0.3) is 0 Å². The monoisotopic (exact) mass is 319 g/mol. The standard InChI is InChI=1S/C15H21N5OS/c1-3-4-5-9-13-19-20-15(22-13)18-14(21)16-10-12-8-6-7-11(2)17-12/h6-8H,3-5,9-10H2,1-2H3,(H2,16,18,20,21). The number of carbonyl (C=O) groups excluding carboxylic acids is 1. The lowest BCUT2D eigenvalue weighted by Gasteiger charge is -2.05. The van der Waals surface area contributed by atoms with Gasteiger partial charge in [0.1, 0.15) is 5.01 Å². The van der Waals surface area contributed by atoms with Gasteiger partial charge in [0.2, 0.25) is 5.13 Å². The van der Waals surface area contributed by atoms with E-state index in [1.165, 1.54) is 24.2 Å². The summed E-state index contributed by atoms with van der Waals surface area (Å²) >= 11 is 1.43. The molecule has 0 aliphatic heterocycles. The highest BCUT2D eigenvalue weighted by atomic mass is 32.1. The Bertz CT molecular complexity index is 613. The number of amides is 2. The molecule has 0 atom stereocenters. The molecule has 0 aliphatic rings. The van der Waals surface area contributed by atoms with Gasteiger partial charge in [-0.25, -0.2) is 4.79 Å². The van der Waals surface area contributed by atoms with Gasteiger partial charge in [-0.2, -0.15) is 0 Å². The molecule has 2 N–H and O–H groups in total. The molecule has 22 heavy (non-hydrogen) atoms. The Kier molecular flexibility index (Phi) is 6.27. The molecule has 0 fully saturated rings. The second-order valence-electron chi connectivity index (χ2n) is 5.04. The van der Waals surface area contributed by atoms with Crippen LogP contribution in [-0.2, 0) is 13.0 Å². The number of anilines is 1. The van der Waals surface area contributed by atoms with Gasteiger partial charge in [-0.05, 0) is 25.5 Å². The number of hydrogen-bond acceptors (Lipinski definition) is 5. The second-order valence-corrected chi connectivity index (χ2v) is 6.10. The van der Waals surface area contributed by atoms with Gasteiger partial charge in [-0.3, -0.25) is 10.3 Å². The van der Waals surface area contributed by atoms with Crippen LogP contribution in [-0.4, -0.2) is 21.2 Å². The van der Waals surface area contributed by atoms with Crippen LogP contribution >= 0.6 is 11.3 Å². The molecule has 2 aromatic heterocycles. The van der Waals surface area contributed by atoms with Gasteiger partial charge in [-0.15, -0.1) is 10.2 Å². The van der Waals surface area contributed by atoms with E-state index in [9.17, 15) is 4.79 Å². The third kappa shape index (κ3) is 5.40. The van der Waals surface area contributed by atoms with Crippen LogP contribution < -0.4 is 10.6 Å². The molecule has 2 rings (SSSR count). The highest BCUT2D eigenvalue weighted by Crippen LogP contribution is 2.17. The average Bonchev–Trinajstić information content (AvgIpc) is 2.93. The summed E-state index contributed by atoms with van der Waals surface area (Å²) in [5.41, 5.74) is 1.76. The summed E-state index contributed by atoms with van der Waals surface area (Å²) in [6.45, 7) is 4.47. The molecule has 2 heterocycles. The maximum Gasteiger partial charge on any atom is 0.321 e. The molecular formula is C15H21N5OS. The van der Waals surface area contributed by atoms with Gasteiger partial charge >= 0.3 is 6.03 Å². The molecule has 0 saturated carbocycles. The summed E-state index contributed by atoms with van der Waals surface area (Å²) < 4.78 is 0. The topological polar surface area (TPSA) is 79.8 Å². The van der Waals surface area contributed by atoms with E-state index in [0.717, 1.165) is 29.2 Å². The van der Waals surface area contributed by atoms with Crippen LogP contribution in [0.5, 0.6) is 0 Å². The zero-order valence-electron chi connectivity index (χ0n) is 12.9. The highest BCUT2D eigenvalue weighted by Gasteiger charge is 2.08. The normalized spacial score (nSPS) is 10.5. The van der Waals surface area contributed by atoms with Crippen molar-refractivity contribution in [3.05, 3.63) is 34.6 Å². The maximum absolute atomic E-state index is 11.8. The number of rotatable bonds is 7. The summed E-state index contributed by atoms with van der Waals surface area (Å²) in [5.74, 6) is 0. The lowest BCUT2D eigenvalue weighted by Crippen LogP contribution is -2.28. The maximum atomic E-state index is 11.8. The molecule has 0 aromatic carbocycles. The number of urea groups is 1.